The number of benzene rings is 1. The molecule has 0 unspecified atom stereocenters. The smallest absolute Gasteiger partial charge is 0.235 e. The molecule has 0 atom stereocenters. The molecule has 0 aliphatic heterocycles. The molecule has 1 aromatic carbocycles. The fourth-order valence-corrected chi connectivity index (χ4v) is 3.17. The molecule has 4 aromatic rings. The Morgan fingerprint density at radius 1 is 1.13 bits per heavy atom. The lowest BCUT2D eigenvalue weighted by Crippen LogP contribution is -2.07. The van der Waals surface area contributed by atoms with Crippen molar-refractivity contribution in [1.29, 1.82) is 0 Å². The van der Waals surface area contributed by atoms with E-state index in [1.165, 1.54) is 11.3 Å². The molecular weight excluding hydrogens is 310 g/mol. The predicted octanol–water partition coefficient (Wildman–Crippen LogP) is 2.62. The third kappa shape index (κ3) is 2.36. The van der Waals surface area contributed by atoms with E-state index < -0.39 is 0 Å². The molecule has 7 nitrogen and oxygen atoms in total. The molecule has 0 aliphatic carbocycles. The van der Waals surface area contributed by atoms with E-state index in [0.29, 0.717) is 5.82 Å². The Balaban J connectivity index is 1.76. The summed E-state index contributed by atoms with van der Waals surface area (Å²) in [5.41, 5.74) is 3.95. The minimum absolute atomic E-state index is 0.650. The van der Waals surface area contributed by atoms with E-state index in [2.05, 4.69) is 54.7 Å². The van der Waals surface area contributed by atoms with E-state index in [1.807, 2.05) is 27.1 Å². The van der Waals surface area contributed by atoms with Crippen molar-refractivity contribution in [1.82, 2.24) is 30.0 Å². The van der Waals surface area contributed by atoms with Gasteiger partial charge in [0, 0.05) is 31.0 Å². The van der Waals surface area contributed by atoms with Crippen LogP contribution in [0.25, 0.3) is 27.1 Å². The highest BCUT2D eigenvalue weighted by Gasteiger charge is 2.16. The van der Waals surface area contributed by atoms with Gasteiger partial charge in [-0.2, -0.15) is 14.7 Å². The summed E-state index contributed by atoms with van der Waals surface area (Å²) in [5.74, 6) is 0.650. The summed E-state index contributed by atoms with van der Waals surface area (Å²) in [7, 11) is 4.05. The maximum atomic E-state index is 4.65. The highest BCUT2D eigenvalue weighted by molar-refractivity contribution is 7.19. The summed E-state index contributed by atoms with van der Waals surface area (Å²) in [6.45, 7) is 1.95. The molecule has 0 radical (unpaired) electrons. The zero-order valence-electron chi connectivity index (χ0n) is 13.0. The van der Waals surface area contributed by atoms with Crippen LogP contribution in [0.15, 0.2) is 30.3 Å². The molecule has 0 aliphatic rings. The second-order valence-electron chi connectivity index (χ2n) is 5.50. The van der Waals surface area contributed by atoms with Gasteiger partial charge >= 0.3 is 0 Å². The number of H-pyrrole nitrogens is 1. The van der Waals surface area contributed by atoms with Gasteiger partial charge < -0.3 is 4.90 Å². The first-order valence-electron chi connectivity index (χ1n) is 7.14. The minimum atomic E-state index is 0.650. The average molecular weight is 325 g/mol. The van der Waals surface area contributed by atoms with Crippen molar-refractivity contribution in [3.8, 4) is 22.1 Å². The highest BCUT2D eigenvalue weighted by atomic mass is 32.1. The molecule has 116 valence electrons. The first-order valence-corrected chi connectivity index (χ1v) is 7.96. The zero-order valence-corrected chi connectivity index (χ0v) is 13.8. The van der Waals surface area contributed by atoms with E-state index in [9.17, 15) is 0 Å². The summed E-state index contributed by atoms with van der Waals surface area (Å²) in [6, 6.07) is 10.2. The van der Waals surface area contributed by atoms with Gasteiger partial charge in [-0.25, -0.2) is 0 Å². The van der Waals surface area contributed by atoms with E-state index in [-0.39, 0.29) is 0 Å². The molecule has 4 rings (SSSR count). The monoisotopic (exact) mass is 325 g/mol. The molecule has 0 fully saturated rings. The number of nitrogens with zero attached hydrogens (tertiary/aromatic N) is 6. The van der Waals surface area contributed by atoms with Crippen molar-refractivity contribution in [3.05, 3.63) is 36.0 Å². The third-order valence-corrected chi connectivity index (χ3v) is 4.50. The second kappa shape index (κ2) is 5.17. The largest absolute Gasteiger partial charge is 0.378 e. The van der Waals surface area contributed by atoms with E-state index in [1.54, 1.807) is 4.52 Å². The first-order chi connectivity index (χ1) is 11.1. The number of rotatable bonds is 3. The lowest BCUT2D eigenvalue weighted by atomic mass is 10.2. The maximum Gasteiger partial charge on any atom is 0.235 e. The number of anilines is 1. The molecule has 1 N–H and O–H groups in total. The number of aromatic nitrogens is 6. The van der Waals surface area contributed by atoms with Crippen LogP contribution in [0.5, 0.6) is 0 Å². The Kier molecular flexibility index (Phi) is 3.12. The first kappa shape index (κ1) is 13.9. The van der Waals surface area contributed by atoms with Crippen molar-refractivity contribution in [3.63, 3.8) is 0 Å². The summed E-state index contributed by atoms with van der Waals surface area (Å²) >= 11 is 1.51. The van der Waals surface area contributed by atoms with Crippen molar-refractivity contribution in [2.45, 2.75) is 6.92 Å². The number of nitrogens with one attached hydrogen (secondary N) is 1. The molecule has 0 saturated heterocycles. The lowest BCUT2D eigenvalue weighted by molar-refractivity contribution is 0.952. The fraction of sp³-hybridized carbons (Fsp3) is 0.200. The highest BCUT2D eigenvalue weighted by Crippen LogP contribution is 2.28. The molecule has 0 bridgehead atoms. The molecule has 0 spiro atoms. The lowest BCUT2D eigenvalue weighted by Gasteiger charge is -2.11. The molecule has 23 heavy (non-hydrogen) atoms. The van der Waals surface area contributed by atoms with Gasteiger partial charge in [0.05, 0.1) is 0 Å². The van der Waals surface area contributed by atoms with Crippen molar-refractivity contribution >= 4 is 22.0 Å². The van der Waals surface area contributed by atoms with Crippen LogP contribution in [0.3, 0.4) is 0 Å². The van der Waals surface area contributed by atoms with Gasteiger partial charge in [-0.3, -0.25) is 5.10 Å². The Morgan fingerprint density at radius 3 is 2.57 bits per heavy atom. The molecule has 0 saturated carbocycles. The van der Waals surface area contributed by atoms with Crippen molar-refractivity contribution in [2.75, 3.05) is 19.0 Å². The second-order valence-corrected chi connectivity index (χ2v) is 6.46. The van der Waals surface area contributed by atoms with Crippen molar-refractivity contribution < 1.29 is 0 Å². The maximum absolute atomic E-state index is 4.65. The fourth-order valence-electron chi connectivity index (χ4n) is 2.33. The van der Waals surface area contributed by atoms with Gasteiger partial charge in [0.25, 0.3) is 0 Å². The SMILES string of the molecule is Cc1cc(-c2nnc3sc(-c4ccc(N(C)C)cc4)nn23)n[nH]1. The summed E-state index contributed by atoms with van der Waals surface area (Å²) in [6.07, 6.45) is 0. The number of hydrogen-bond acceptors (Lipinski definition) is 6. The van der Waals surface area contributed by atoms with Crippen LogP contribution in [0.4, 0.5) is 5.69 Å². The number of aromatic amines is 1. The van der Waals surface area contributed by atoms with Crippen LogP contribution in [-0.2, 0) is 0 Å². The summed E-state index contributed by atoms with van der Waals surface area (Å²) in [5, 5.41) is 21.1. The van der Waals surface area contributed by atoms with Gasteiger partial charge in [-0.15, -0.1) is 10.2 Å². The molecule has 3 aromatic heterocycles. The van der Waals surface area contributed by atoms with E-state index >= 15 is 0 Å². The van der Waals surface area contributed by atoms with Crippen LogP contribution in [0, 0.1) is 6.92 Å². The average Bonchev–Trinajstić information content (AvgIpc) is 3.22. The predicted molar refractivity (Wildman–Crippen MR) is 90.7 cm³/mol. The summed E-state index contributed by atoms with van der Waals surface area (Å²) < 4.78 is 1.75. The summed E-state index contributed by atoms with van der Waals surface area (Å²) in [4.78, 5) is 2.83. The van der Waals surface area contributed by atoms with Crippen molar-refractivity contribution in [2.24, 2.45) is 0 Å². The van der Waals surface area contributed by atoms with Crippen LogP contribution in [0.1, 0.15) is 5.69 Å². The van der Waals surface area contributed by atoms with Crippen LogP contribution >= 0.6 is 11.3 Å². The van der Waals surface area contributed by atoms with Crippen LogP contribution in [0.2, 0.25) is 0 Å². The van der Waals surface area contributed by atoms with Gasteiger partial charge in [0.15, 0.2) is 0 Å². The van der Waals surface area contributed by atoms with Gasteiger partial charge in [0.1, 0.15) is 10.7 Å². The quantitative estimate of drug-likeness (QED) is 0.627. The molecular formula is C15H15N7S. The molecule has 3 heterocycles. The van der Waals surface area contributed by atoms with Gasteiger partial charge in [-0.1, -0.05) is 11.3 Å². The van der Waals surface area contributed by atoms with Gasteiger partial charge in [-0.05, 0) is 37.3 Å². The van der Waals surface area contributed by atoms with Crippen LogP contribution < -0.4 is 4.90 Å². The van der Waals surface area contributed by atoms with E-state index in [0.717, 1.165) is 32.6 Å². The third-order valence-electron chi connectivity index (χ3n) is 3.56. The Hall–Kier alpha value is -2.74. The molecule has 8 heteroatoms. The normalized spacial score (nSPS) is 11.3. The van der Waals surface area contributed by atoms with Gasteiger partial charge in [0.2, 0.25) is 10.8 Å². The molecule has 0 amide bonds. The minimum Gasteiger partial charge on any atom is -0.378 e. The number of fused-ring (bicyclic) bond motifs is 1. The topological polar surface area (TPSA) is 75.0 Å². The zero-order chi connectivity index (χ0) is 16.0. The number of aryl methyl sites for hydroxylation is 1. The van der Waals surface area contributed by atoms with E-state index in [4.69, 9.17) is 0 Å². The standard InChI is InChI=1S/C15H15N7S/c1-9-8-12(17-16-9)13-18-19-15-22(13)20-14(23-15)10-4-6-11(7-5-10)21(2)3/h4-8H,1-3H3,(H,16,17). The Bertz CT molecular complexity index is 961. The van der Waals surface area contributed by atoms with Crippen LogP contribution in [-0.4, -0.2) is 44.1 Å². The number of hydrogen-bond donors (Lipinski definition) is 1. The Morgan fingerprint density at radius 2 is 1.91 bits per heavy atom. The Labute approximate surface area is 136 Å².